The first kappa shape index (κ1) is 10.0. The first-order valence-electron chi connectivity index (χ1n) is 5.60. The molecule has 0 N–H and O–H groups in total. The summed E-state index contributed by atoms with van der Waals surface area (Å²) in [7, 11) is 2.02. The molecule has 0 amide bonds. The molecule has 0 unspecified atom stereocenters. The molecule has 0 bridgehead atoms. The molecule has 2 heterocycles. The molecule has 3 nitrogen and oxygen atoms in total. The summed E-state index contributed by atoms with van der Waals surface area (Å²) in [5, 5.41) is 0. The maximum Gasteiger partial charge on any atom is 0.159 e. The van der Waals surface area contributed by atoms with Crippen molar-refractivity contribution in [1.29, 1.82) is 0 Å². The Morgan fingerprint density at radius 1 is 1.12 bits per heavy atom. The lowest BCUT2D eigenvalue weighted by atomic mass is 10.2. The highest BCUT2D eigenvalue weighted by Crippen LogP contribution is 2.22. The normalized spacial score (nSPS) is 10.9. The third-order valence-corrected chi connectivity index (χ3v) is 2.93. The Kier molecular flexibility index (Phi) is 2.18. The number of aromatic nitrogens is 3. The summed E-state index contributed by atoms with van der Waals surface area (Å²) in [5.41, 5.74) is 4.25. The van der Waals surface area contributed by atoms with Gasteiger partial charge in [0.25, 0.3) is 0 Å². The van der Waals surface area contributed by atoms with Crippen molar-refractivity contribution in [2.45, 2.75) is 6.92 Å². The van der Waals surface area contributed by atoms with Crippen molar-refractivity contribution in [2.24, 2.45) is 7.05 Å². The SMILES string of the molecule is Cc1ccnc(-c2nc3ccccc3n2C)c1. The van der Waals surface area contributed by atoms with Crippen LogP contribution in [0.25, 0.3) is 22.6 Å². The lowest BCUT2D eigenvalue weighted by Gasteiger charge is -2.02. The monoisotopic (exact) mass is 223 g/mol. The number of pyridine rings is 1. The van der Waals surface area contributed by atoms with E-state index in [1.165, 1.54) is 5.56 Å². The zero-order chi connectivity index (χ0) is 11.8. The summed E-state index contributed by atoms with van der Waals surface area (Å²) >= 11 is 0. The second kappa shape index (κ2) is 3.70. The van der Waals surface area contributed by atoms with E-state index in [4.69, 9.17) is 0 Å². The highest BCUT2D eigenvalue weighted by atomic mass is 15.1. The maximum atomic E-state index is 4.62. The van der Waals surface area contributed by atoms with Gasteiger partial charge in [-0.05, 0) is 36.8 Å². The predicted octanol–water partition coefficient (Wildman–Crippen LogP) is 2.94. The van der Waals surface area contributed by atoms with Crippen molar-refractivity contribution in [3.8, 4) is 11.5 Å². The number of hydrogen-bond donors (Lipinski definition) is 0. The second-order valence-electron chi connectivity index (χ2n) is 4.20. The van der Waals surface area contributed by atoms with E-state index in [0.29, 0.717) is 0 Å². The topological polar surface area (TPSA) is 30.7 Å². The summed E-state index contributed by atoms with van der Waals surface area (Å²) in [5.74, 6) is 0.912. The number of nitrogens with zero attached hydrogens (tertiary/aromatic N) is 3. The molecule has 3 rings (SSSR count). The van der Waals surface area contributed by atoms with E-state index < -0.39 is 0 Å². The van der Waals surface area contributed by atoms with Crippen LogP contribution in [0.4, 0.5) is 0 Å². The standard InChI is InChI=1S/C14H13N3/c1-10-7-8-15-12(9-10)14-16-11-5-3-4-6-13(11)17(14)2/h3-9H,1-2H3. The third kappa shape index (κ3) is 1.60. The minimum absolute atomic E-state index is 0.912. The Morgan fingerprint density at radius 3 is 2.71 bits per heavy atom. The van der Waals surface area contributed by atoms with Crippen LogP contribution in [0.3, 0.4) is 0 Å². The van der Waals surface area contributed by atoms with Gasteiger partial charge in [-0.1, -0.05) is 12.1 Å². The largest absolute Gasteiger partial charge is 0.326 e. The van der Waals surface area contributed by atoms with Gasteiger partial charge in [0.2, 0.25) is 0 Å². The summed E-state index contributed by atoms with van der Waals surface area (Å²) in [6, 6.07) is 12.2. The van der Waals surface area contributed by atoms with Crippen molar-refractivity contribution in [3.63, 3.8) is 0 Å². The van der Waals surface area contributed by atoms with E-state index in [1.54, 1.807) is 0 Å². The minimum Gasteiger partial charge on any atom is -0.326 e. The predicted molar refractivity (Wildman–Crippen MR) is 68.7 cm³/mol. The van der Waals surface area contributed by atoms with Crippen molar-refractivity contribution < 1.29 is 0 Å². The van der Waals surface area contributed by atoms with Crippen LogP contribution in [0.2, 0.25) is 0 Å². The fraction of sp³-hybridized carbons (Fsp3) is 0.143. The van der Waals surface area contributed by atoms with Gasteiger partial charge in [0.05, 0.1) is 11.0 Å². The molecule has 0 aliphatic heterocycles. The molecule has 3 aromatic rings. The van der Waals surface area contributed by atoms with Crippen LogP contribution in [0.5, 0.6) is 0 Å². The van der Waals surface area contributed by atoms with Gasteiger partial charge < -0.3 is 4.57 Å². The molecular weight excluding hydrogens is 210 g/mol. The van der Waals surface area contributed by atoms with E-state index in [9.17, 15) is 0 Å². The van der Waals surface area contributed by atoms with Crippen LogP contribution in [-0.2, 0) is 7.05 Å². The van der Waals surface area contributed by atoms with Crippen LogP contribution >= 0.6 is 0 Å². The highest BCUT2D eigenvalue weighted by molar-refractivity contribution is 5.79. The Morgan fingerprint density at radius 2 is 1.94 bits per heavy atom. The molecule has 84 valence electrons. The van der Waals surface area contributed by atoms with Crippen molar-refractivity contribution in [3.05, 3.63) is 48.2 Å². The van der Waals surface area contributed by atoms with Crippen LogP contribution < -0.4 is 0 Å². The van der Waals surface area contributed by atoms with Crippen LogP contribution in [0, 0.1) is 6.92 Å². The molecule has 0 spiro atoms. The molecule has 0 atom stereocenters. The van der Waals surface area contributed by atoms with E-state index in [0.717, 1.165) is 22.6 Å². The molecular formula is C14H13N3. The molecule has 0 saturated heterocycles. The number of rotatable bonds is 1. The first-order valence-corrected chi connectivity index (χ1v) is 5.60. The number of aryl methyl sites for hydroxylation is 2. The van der Waals surface area contributed by atoms with Gasteiger partial charge in [-0.2, -0.15) is 0 Å². The third-order valence-electron chi connectivity index (χ3n) is 2.93. The molecule has 3 heteroatoms. The molecule has 2 aromatic heterocycles. The Labute approximate surface area is 99.8 Å². The number of benzene rings is 1. The quantitative estimate of drug-likeness (QED) is 0.635. The molecule has 0 aliphatic carbocycles. The van der Waals surface area contributed by atoms with Gasteiger partial charge in [-0.3, -0.25) is 4.98 Å². The molecule has 1 aromatic carbocycles. The van der Waals surface area contributed by atoms with E-state index in [2.05, 4.69) is 33.6 Å². The summed E-state index contributed by atoms with van der Waals surface area (Å²) in [6.45, 7) is 2.06. The zero-order valence-electron chi connectivity index (χ0n) is 9.88. The second-order valence-corrected chi connectivity index (χ2v) is 4.20. The Balaban J connectivity index is 2.27. The van der Waals surface area contributed by atoms with Crippen molar-refractivity contribution in [1.82, 2.24) is 14.5 Å². The van der Waals surface area contributed by atoms with Crippen LogP contribution in [0.15, 0.2) is 42.6 Å². The van der Waals surface area contributed by atoms with Crippen LogP contribution in [-0.4, -0.2) is 14.5 Å². The lowest BCUT2D eigenvalue weighted by molar-refractivity contribution is 0.949. The van der Waals surface area contributed by atoms with E-state index in [1.807, 2.05) is 37.5 Å². The van der Waals surface area contributed by atoms with E-state index in [-0.39, 0.29) is 0 Å². The Hall–Kier alpha value is -2.16. The smallest absolute Gasteiger partial charge is 0.159 e. The number of imidazole rings is 1. The lowest BCUT2D eigenvalue weighted by Crippen LogP contribution is -1.94. The maximum absolute atomic E-state index is 4.62. The van der Waals surface area contributed by atoms with Gasteiger partial charge in [0, 0.05) is 13.2 Å². The number of fused-ring (bicyclic) bond motifs is 1. The molecule has 0 fully saturated rings. The molecule has 17 heavy (non-hydrogen) atoms. The zero-order valence-corrected chi connectivity index (χ0v) is 9.88. The molecule has 0 saturated carbocycles. The van der Waals surface area contributed by atoms with Crippen molar-refractivity contribution in [2.75, 3.05) is 0 Å². The van der Waals surface area contributed by atoms with Gasteiger partial charge in [-0.25, -0.2) is 4.98 Å². The number of hydrogen-bond acceptors (Lipinski definition) is 2. The summed E-state index contributed by atoms with van der Waals surface area (Å²) in [4.78, 5) is 9.01. The average Bonchev–Trinajstić information content (AvgIpc) is 2.68. The van der Waals surface area contributed by atoms with Gasteiger partial charge in [0.15, 0.2) is 5.82 Å². The van der Waals surface area contributed by atoms with Gasteiger partial charge in [0.1, 0.15) is 5.69 Å². The number of para-hydroxylation sites is 2. The Bertz CT molecular complexity index is 683. The van der Waals surface area contributed by atoms with Crippen LogP contribution in [0.1, 0.15) is 5.56 Å². The molecule has 0 aliphatic rings. The molecule has 0 radical (unpaired) electrons. The van der Waals surface area contributed by atoms with Gasteiger partial charge >= 0.3 is 0 Å². The van der Waals surface area contributed by atoms with Crippen molar-refractivity contribution >= 4 is 11.0 Å². The fourth-order valence-corrected chi connectivity index (χ4v) is 2.03. The minimum atomic E-state index is 0.912. The fourth-order valence-electron chi connectivity index (χ4n) is 2.03. The first-order chi connectivity index (χ1) is 8.25. The average molecular weight is 223 g/mol. The highest BCUT2D eigenvalue weighted by Gasteiger charge is 2.09. The summed E-state index contributed by atoms with van der Waals surface area (Å²) in [6.07, 6.45) is 1.82. The summed E-state index contributed by atoms with van der Waals surface area (Å²) < 4.78 is 2.08. The van der Waals surface area contributed by atoms with Gasteiger partial charge in [-0.15, -0.1) is 0 Å². The van der Waals surface area contributed by atoms with E-state index >= 15 is 0 Å².